The Morgan fingerprint density at radius 2 is 2.28 bits per heavy atom. The predicted octanol–water partition coefficient (Wildman–Crippen LogP) is 1.03. The number of carbonyl (C=O) groups is 1. The van der Waals surface area contributed by atoms with Gasteiger partial charge < -0.3 is 0 Å². The lowest BCUT2D eigenvalue weighted by Crippen LogP contribution is -2.44. The van der Waals surface area contributed by atoms with Crippen molar-refractivity contribution in [2.75, 3.05) is 13.1 Å². The van der Waals surface area contributed by atoms with E-state index in [1.165, 1.54) is 6.07 Å². The zero-order valence-corrected chi connectivity index (χ0v) is 10.2. The Kier molecular flexibility index (Phi) is 4.28. The first-order chi connectivity index (χ1) is 8.70. The normalized spacial score (nSPS) is 20.7. The van der Waals surface area contributed by atoms with E-state index in [2.05, 4.69) is 10.3 Å². The van der Waals surface area contributed by atoms with Crippen molar-refractivity contribution in [2.24, 2.45) is 11.8 Å². The maximum absolute atomic E-state index is 13.5. The molecule has 0 aliphatic carbocycles. The number of amides is 1. The second kappa shape index (κ2) is 5.93. The molecule has 0 saturated carbocycles. The van der Waals surface area contributed by atoms with E-state index >= 15 is 0 Å². The molecule has 1 saturated heterocycles. The van der Waals surface area contributed by atoms with Gasteiger partial charge in [-0.15, -0.1) is 0 Å². The molecule has 1 amide bonds. The quantitative estimate of drug-likeness (QED) is 0.479. The van der Waals surface area contributed by atoms with E-state index in [9.17, 15) is 9.18 Å². The number of rotatable bonds is 3. The molecule has 1 aliphatic heterocycles. The summed E-state index contributed by atoms with van der Waals surface area (Å²) in [5.74, 6) is 4.74. The van der Waals surface area contributed by atoms with Gasteiger partial charge in [0.2, 0.25) is 5.91 Å². The molecule has 0 aromatic heterocycles. The average molecular weight is 251 g/mol. The smallest absolute Gasteiger partial charge is 0.238 e. The molecule has 1 heterocycles. The van der Waals surface area contributed by atoms with Crippen LogP contribution in [-0.2, 0) is 11.3 Å². The molecule has 3 N–H and O–H groups in total. The minimum absolute atomic E-state index is 0.0875. The highest BCUT2D eigenvalue weighted by molar-refractivity contribution is 5.78. The van der Waals surface area contributed by atoms with E-state index in [1.807, 2.05) is 6.07 Å². The Balaban J connectivity index is 1.98. The zero-order chi connectivity index (χ0) is 13.0. The molecular formula is C13H18FN3O. The van der Waals surface area contributed by atoms with Crippen molar-refractivity contribution >= 4 is 5.91 Å². The minimum atomic E-state index is -0.192. The summed E-state index contributed by atoms with van der Waals surface area (Å²) < 4.78 is 13.5. The number of nitrogens with zero attached hydrogens (tertiary/aromatic N) is 1. The molecule has 1 atom stereocenters. The molecule has 0 spiro atoms. The number of piperidine rings is 1. The van der Waals surface area contributed by atoms with Crippen molar-refractivity contribution in [1.82, 2.24) is 10.3 Å². The van der Waals surface area contributed by atoms with Crippen LogP contribution in [0.4, 0.5) is 4.39 Å². The highest BCUT2D eigenvalue weighted by atomic mass is 19.1. The Bertz CT molecular complexity index is 424. The van der Waals surface area contributed by atoms with Crippen LogP contribution < -0.4 is 11.3 Å². The number of benzene rings is 1. The van der Waals surface area contributed by atoms with Gasteiger partial charge in [-0.2, -0.15) is 0 Å². The van der Waals surface area contributed by atoms with Crippen LogP contribution in [0, 0.1) is 11.7 Å². The number of halogens is 1. The molecule has 0 bridgehead atoms. The van der Waals surface area contributed by atoms with Crippen LogP contribution in [0.5, 0.6) is 0 Å². The maximum atomic E-state index is 13.5. The summed E-state index contributed by atoms with van der Waals surface area (Å²) in [6.45, 7) is 2.07. The fraction of sp³-hybridized carbons (Fsp3) is 0.462. The van der Waals surface area contributed by atoms with Gasteiger partial charge in [-0.25, -0.2) is 10.2 Å². The SMILES string of the molecule is NNC(=O)C1CCCN(Cc2ccccc2F)C1. The largest absolute Gasteiger partial charge is 0.298 e. The van der Waals surface area contributed by atoms with Gasteiger partial charge >= 0.3 is 0 Å². The third-order valence-electron chi connectivity index (χ3n) is 3.37. The van der Waals surface area contributed by atoms with Gasteiger partial charge in [0.05, 0.1) is 5.92 Å². The van der Waals surface area contributed by atoms with E-state index in [0.717, 1.165) is 19.4 Å². The topological polar surface area (TPSA) is 58.4 Å². The molecule has 5 heteroatoms. The molecule has 4 nitrogen and oxygen atoms in total. The number of hydrogen-bond donors (Lipinski definition) is 2. The van der Waals surface area contributed by atoms with Gasteiger partial charge in [0.15, 0.2) is 0 Å². The first-order valence-electron chi connectivity index (χ1n) is 6.17. The first kappa shape index (κ1) is 13.0. The first-order valence-corrected chi connectivity index (χ1v) is 6.17. The molecular weight excluding hydrogens is 233 g/mol. The van der Waals surface area contributed by atoms with Gasteiger partial charge in [0.1, 0.15) is 5.82 Å². The lowest BCUT2D eigenvalue weighted by molar-refractivity contribution is -0.126. The van der Waals surface area contributed by atoms with Crippen LogP contribution in [0.2, 0.25) is 0 Å². The van der Waals surface area contributed by atoms with Crippen LogP contribution in [0.3, 0.4) is 0 Å². The zero-order valence-electron chi connectivity index (χ0n) is 10.2. The van der Waals surface area contributed by atoms with E-state index < -0.39 is 0 Å². The Hall–Kier alpha value is -1.46. The number of hydrogen-bond acceptors (Lipinski definition) is 3. The molecule has 98 valence electrons. The molecule has 18 heavy (non-hydrogen) atoms. The summed E-state index contributed by atoms with van der Waals surface area (Å²) in [5, 5.41) is 0. The van der Waals surface area contributed by atoms with Gasteiger partial charge in [-0.3, -0.25) is 15.1 Å². The number of hydrazine groups is 1. The summed E-state index contributed by atoms with van der Waals surface area (Å²) in [6, 6.07) is 6.75. The third kappa shape index (κ3) is 3.05. The summed E-state index contributed by atoms with van der Waals surface area (Å²) in [7, 11) is 0. The van der Waals surface area contributed by atoms with Crippen molar-refractivity contribution in [2.45, 2.75) is 19.4 Å². The molecule has 1 unspecified atom stereocenters. The molecule has 1 aliphatic rings. The Morgan fingerprint density at radius 1 is 1.50 bits per heavy atom. The van der Waals surface area contributed by atoms with Gasteiger partial charge in [-0.1, -0.05) is 18.2 Å². The third-order valence-corrected chi connectivity index (χ3v) is 3.37. The van der Waals surface area contributed by atoms with Crippen LogP contribution in [0.1, 0.15) is 18.4 Å². The van der Waals surface area contributed by atoms with Gasteiger partial charge in [-0.05, 0) is 25.5 Å². The van der Waals surface area contributed by atoms with E-state index in [4.69, 9.17) is 5.84 Å². The monoisotopic (exact) mass is 251 g/mol. The molecule has 1 aromatic carbocycles. The van der Waals surface area contributed by atoms with E-state index in [0.29, 0.717) is 18.7 Å². The van der Waals surface area contributed by atoms with Crippen molar-refractivity contribution in [3.63, 3.8) is 0 Å². The molecule has 0 radical (unpaired) electrons. The Morgan fingerprint density at radius 3 is 3.00 bits per heavy atom. The van der Waals surface area contributed by atoms with Gasteiger partial charge in [0, 0.05) is 18.7 Å². The van der Waals surface area contributed by atoms with Crippen molar-refractivity contribution in [3.05, 3.63) is 35.6 Å². The van der Waals surface area contributed by atoms with Crippen LogP contribution >= 0.6 is 0 Å². The molecule has 1 aromatic rings. The van der Waals surface area contributed by atoms with Crippen LogP contribution in [0.15, 0.2) is 24.3 Å². The predicted molar refractivity (Wildman–Crippen MR) is 66.7 cm³/mol. The average Bonchev–Trinajstić information content (AvgIpc) is 2.41. The van der Waals surface area contributed by atoms with E-state index in [-0.39, 0.29) is 17.6 Å². The van der Waals surface area contributed by atoms with Crippen LogP contribution in [0.25, 0.3) is 0 Å². The second-order valence-electron chi connectivity index (χ2n) is 4.67. The van der Waals surface area contributed by atoms with Gasteiger partial charge in [0.25, 0.3) is 0 Å². The maximum Gasteiger partial charge on any atom is 0.238 e. The highest BCUT2D eigenvalue weighted by Crippen LogP contribution is 2.19. The van der Waals surface area contributed by atoms with Crippen molar-refractivity contribution < 1.29 is 9.18 Å². The summed E-state index contributed by atoms with van der Waals surface area (Å²) in [5.41, 5.74) is 2.86. The fourth-order valence-electron chi connectivity index (χ4n) is 2.40. The highest BCUT2D eigenvalue weighted by Gasteiger charge is 2.25. The second-order valence-corrected chi connectivity index (χ2v) is 4.67. The lowest BCUT2D eigenvalue weighted by atomic mass is 9.97. The van der Waals surface area contributed by atoms with E-state index in [1.54, 1.807) is 12.1 Å². The summed E-state index contributed by atoms with van der Waals surface area (Å²) in [6.07, 6.45) is 1.78. The number of nitrogens with two attached hydrogens (primary N) is 1. The number of likely N-dealkylation sites (tertiary alicyclic amines) is 1. The van der Waals surface area contributed by atoms with Crippen LogP contribution in [-0.4, -0.2) is 23.9 Å². The minimum Gasteiger partial charge on any atom is -0.298 e. The van der Waals surface area contributed by atoms with Crippen molar-refractivity contribution in [1.29, 1.82) is 0 Å². The lowest BCUT2D eigenvalue weighted by Gasteiger charge is -2.31. The Labute approximate surface area is 106 Å². The number of nitrogens with one attached hydrogen (secondary N) is 1. The standard InChI is InChI=1S/C13H18FN3O/c14-12-6-2-1-4-10(12)8-17-7-3-5-11(9-17)13(18)16-15/h1-2,4,6,11H,3,5,7-9,15H2,(H,16,18). The molecule has 2 rings (SSSR count). The molecule has 1 fully saturated rings. The fourth-order valence-corrected chi connectivity index (χ4v) is 2.40. The summed E-state index contributed by atoms with van der Waals surface area (Å²) >= 11 is 0. The summed E-state index contributed by atoms with van der Waals surface area (Å²) in [4.78, 5) is 13.6. The van der Waals surface area contributed by atoms with Crippen molar-refractivity contribution in [3.8, 4) is 0 Å². The number of carbonyl (C=O) groups excluding carboxylic acids is 1.